The molecule has 0 spiro atoms. The first kappa shape index (κ1) is 9.52. The van der Waals surface area contributed by atoms with Gasteiger partial charge in [0.05, 0.1) is 0 Å². The molecule has 0 aliphatic heterocycles. The van der Waals surface area contributed by atoms with E-state index in [1.54, 1.807) is 0 Å². The zero-order chi connectivity index (χ0) is 9.14. The fourth-order valence-corrected chi connectivity index (χ4v) is 1.29. The summed E-state index contributed by atoms with van der Waals surface area (Å²) in [5.41, 5.74) is 12.4. The van der Waals surface area contributed by atoms with Crippen molar-refractivity contribution >= 4 is 11.6 Å². The third-order valence-electron chi connectivity index (χ3n) is 1.83. The summed E-state index contributed by atoms with van der Waals surface area (Å²) in [6.07, 6.45) is 0. The number of rotatable bonds is 2. The Labute approximate surface area is 77.5 Å². The molecule has 0 aliphatic rings. The Morgan fingerprint density at radius 3 is 2.33 bits per heavy atom. The smallest absolute Gasteiger partial charge is 0.0460 e. The van der Waals surface area contributed by atoms with Crippen molar-refractivity contribution in [2.45, 2.75) is 19.0 Å². The van der Waals surface area contributed by atoms with Crippen molar-refractivity contribution in [1.29, 1.82) is 0 Å². The van der Waals surface area contributed by atoms with Crippen LogP contribution in [0.3, 0.4) is 0 Å². The topological polar surface area (TPSA) is 52.0 Å². The Hall–Kier alpha value is -0.570. The van der Waals surface area contributed by atoms with Crippen LogP contribution >= 0.6 is 11.6 Å². The van der Waals surface area contributed by atoms with Crippen LogP contribution in [0.15, 0.2) is 24.3 Å². The van der Waals surface area contributed by atoms with Crippen molar-refractivity contribution in [1.82, 2.24) is 0 Å². The molecule has 2 atom stereocenters. The Morgan fingerprint density at radius 1 is 1.25 bits per heavy atom. The lowest BCUT2D eigenvalue weighted by Crippen LogP contribution is -2.31. The molecule has 0 amide bonds. The summed E-state index contributed by atoms with van der Waals surface area (Å²) in [5, 5.41) is 0.683. The van der Waals surface area contributed by atoms with Crippen LogP contribution in [-0.4, -0.2) is 6.04 Å². The highest BCUT2D eigenvalue weighted by atomic mass is 35.5. The van der Waals surface area contributed by atoms with E-state index in [1.807, 2.05) is 31.2 Å². The highest BCUT2D eigenvalue weighted by Gasteiger charge is 2.12. The van der Waals surface area contributed by atoms with Gasteiger partial charge in [-0.25, -0.2) is 0 Å². The van der Waals surface area contributed by atoms with Crippen molar-refractivity contribution < 1.29 is 0 Å². The monoisotopic (exact) mass is 184 g/mol. The molecule has 0 saturated heterocycles. The summed E-state index contributed by atoms with van der Waals surface area (Å²) in [6, 6.07) is 7.24. The van der Waals surface area contributed by atoms with Crippen LogP contribution in [0.1, 0.15) is 18.5 Å². The highest BCUT2D eigenvalue weighted by Crippen LogP contribution is 2.22. The van der Waals surface area contributed by atoms with E-state index >= 15 is 0 Å². The maximum Gasteiger partial charge on any atom is 0.0460 e. The number of nitrogens with two attached hydrogens (primary N) is 2. The molecule has 1 aromatic carbocycles. The minimum Gasteiger partial charge on any atom is -0.326 e. The second-order valence-electron chi connectivity index (χ2n) is 2.91. The predicted molar refractivity (Wildman–Crippen MR) is 52.0 cm³/mol. The second kappa shape index (κ2) is 3.90. The van der Waals surface area contributed by atoms with E-state index in [0.717, 1.165) is 5.56 Å². The first-order valence-corrected chi connectivity index (χ1v) is 4.26. The van der Waals surface area contributed by atoms with Crippen LogP contribution in [0.2, 0.25) is 5.02 Å². The molecule has 0 aromatic heterocycles. The Morgan fingerprint density at radius 2 is 1.83 bits per heavy atom. The normalized spacial score (nSPS) is 15.7. The molecule has 2 unspecified atom stereocenters. The molecular formula is C9H13ClN2. The van der Waals surface area contributed by atoms with Crippen LogP contribution < -0.4 is 11.5 Å². The summed E-state index contributed by atoms with van der Waals surface area (Å²) in [6.45, 7) is 1.87. The van der Waals surface area contributed by atoms with Crippen LogP contribution in [-0.2, 0) is 0 Å². The predicted octanol–water partition coefficient (Wildman–Crippen LogP) is 1.69. The number of benzene rings is 1. The summed E-state index contributed by atoms with van der Waals surface area (Å²) in [7, 11) is 0. The van der Waals surface area contributed by atoms with Crippen molar-refractivity contribution in [3.8, 4) is 0 Å². The quantitative estimate of drug-likeness (QED) is 0.735. The first-order valence-electron chi connectivity index (χ1n) is 3.88. The molecule has 1 aromatic rings. The van der Waals surface area contributed by atoms with E-state index in [0.29, 0.717) is 5.02 Å². The molecule has 1 rings (SSSR count). The maximum absolute atomic E-state index is 5.93. The van der Waals surface area contributed by atoms with Crippen molar-refractivity contribution in [2.75, 3.05) is 0 Å². The van der Waals surface area contributed by atoms with Crippen molar-refractivity contribution in [3.63, 3.8) is 0 Å². The average molecular weight is 185 g/mol. The molecule has 0 radical (unpaired) electrons. The third-order valence-corrected chi connectivity index (χ3v) is 2.17. The molecule has 0 fully saturated rings. The zero-order valence-electron chi connectivity index (χ0n) is 7.00. The van der Waals surface area contributed by atoms with Crippen molar-refractivity contribution in [2.24, 2.45) is 11.5 Å². The van der Waals surface area contributed by atoms with E-state index in [2.05, 4.69) is 0 Å². The van der Waals surface area contributed by atoms with Gasteiger partial charge in [-0.3, -0.25) is 0 Å². The highest BCUT2D eigenvalue weighted by molar-refractivity contribution is 6.31. The van der Waals surface area contributed by atoms with E-state index in [1.165, 1.54) is 0 Å². The van der Waals surface area contributed by atoms with E-state index in [9.17, 15) is 0 Å². The van der Waals surface area contributed by atoms with Gasteiger partial charge in [0.25, 0.3) is 0 Å². The molecule has 4 N–H and O–H groups in total. The molecule has 12 heavy (non-hydrogen) atoms. The minimum absolute atomic E-state index is 0.0788. The number of hydrogen-bond donors (Lipinski definition) is 2. The van der Waals surface area contributed by atoms with Crippen LogP contribution in [0.5, 0.6) is 0 Å². The molecule has 0 aliphatic carbocycles. The van der Waals surface area contributed by atoms with Gasteiger partial charge in [-0.1, -0.05) is 29.8 Å². The first-order chi connectivity index (χ1) is 5.63. The van der Waals surface area contributed by atoms with Crippen LogP contribution in [0.25, 0.3) is 0 Å². The Balaban J connectivity index is 2.94. The SMILES string of the molecule is CC(N)C(N)c1ccccc1Cl. The second-order valence-corrected chi connectivity index (χ2v) is 3.31. The van der Waals surface area contributed by atoms with Gasteiger partial charge >= 0.3 is 0 Å². The molecule has 0 bridgehead atoms. The minimum atomic E-state index is -0.182. The molecular weight excluding hydrogens is 172 g/mol. The van der Waals surface area contributed by atoms with Gasteiger partial charge in [0, 0.05) is 17.1 Å². The van der Waals surface area contributed by atoms with E-state index in [4.69, 9.17) is 23.1 Å². The van der Waals surface area contributed by atoms with Gasteiger partial charge in [0.2, 0.25) is 0 Å². The van der Waals surface area contributed by atoms with Crippen LogP contribution in [0, 0.1) is 0 Å². The summed E-state index contributed by atoms with van der Waals surface area (Å²) in [4.78, 5) is 0. The molecule has 3 heteroatoms. The standard InChI is InChI=1S/C9H13ClN2/c1-6(11)9(12)7-4-2-3-5-8(7)10/h2-6,9H,11-12H2,1H3. The number of halogens is 1. The zero-order valence-corrected chi connectivity index (χ0v) is 7.75. The van der Waals surface area contributed by atoms with Gasteiger partial charge in [-0.15, -0.1) is 0 Å². The fraction of sp³-hybridized carbons (Fsp3) is 0.333. The summed E-state index contributed by atoms with van der Waals surface area (Å²) >= 11 is 5.93. The van der Waals surface area contributed by atoms with Crippen LogP contribution in [0.4, 0.5) is 0 Å². The lowest BCUT2D eigenvalue weighted by molar-refractivity contribution is 0.589. The summed E-state index contributed by atoms with van der Waals surface area (Å²) < 4.78 is 0. The fourth-order valence-electron chi connectivity index (χ4n) is 1.03. The van der Waals surface area contributed by atoms with Crippen molar-refractivity contribution in [3.05, 3.63) is 34.9 Å². The maximum atomic E-state index is 5.93. The number of hydrogen-bond acceptors (Lipinski definition) is 2. The molecule has 2 nitrogen and oxygen atoms in total. The Kier molecular flexibility index (Phi) is 3.09. The van der Waals surface area contributed by atoms with Gasteiger partial charge in [-0.2, -0.15) is 0 Å². The van der Waals surface area contributed by atoms with E-state index in [-0.39, 0.29) is 12.1 Å². The van der Waals surface area contributed by atoms with Gasteiger partial charge in [0.1, 0.15) is 0 Å². The largest absolute Gasteiger partial charge is 0.326 e. The summed E-state index contributed by atoms with van der Waals surface area (Å²) in [5.74, 6) is 0. The Bertz CT molecular complexity index is 260. The lowest BCUT2D eigenvalue weighted by Gasteiger charge is -2.16. The molecule has 0 saturated carbocycles. The third kappa shape index (κ3) is 1.97. The molecule has 66 valence electrons. The van der Waals surface area contributed by atoms with Gasteiger partial charge in [-0.05, 0) is 18.6 Å². The average Bonchev–Trinajstić information content (AvgIpc) is 2.04. The van der Waals surface area contributed by atoms with Gasteiger partial charge < -0.3 is 11.5 Å². The van der Waals surface area contributed by atoms with Gasteiger partial charge in [0.15, 0.2) is 0 Å². The van der Waals surface area contributed by atoms with E-state index < -0.39 is 0 Å². The molecule has 0 heterocycles. The lowest BCUT2D eigenvalue weighted by atomic mass is 10.0.